The van der Waals surface area contributed by atoms with Crippen LogP contribution in [0, 0.1) is 0 Å². The number of piperazine rings is 1. The SMILES string of the molecule is C[C@@H]1C(=O)N(C)CCN1C(=O)NCc1cc(-c2ccccc2Cl)no1. The Morgan fingerprint density at radius 1 is 1.40 bits per heavy atom. The largest absolute Gasteiger partial charge is 0.359 e. The van der Waals surface area contributed by atoms with Crippen LogP contribution in [0.2, 0.25) is 5.02 Å². The molecule has 3 amide bonds. The van der Waals surface area contributed by atoms with Crippen LogP contribution in [0.25, 0.3) is 11.3 Å². The summed E-state index contributed by atoms with van der Waals surface area (Å²) in [5, 5.41) is 7.33. The second kappa shape index (κ2) is 7.14. The number of amides is 3. The van der Waals surface area contributed by atoms with E-state index >= 15 is 0 Å². The number of nitrogens with zero attached hydrogens (tertiary/aromatic N) is 3. The van der Waals surface area contributed by atoms with Crippen LogP contribution in [0.3, 0.4) is 0 Å². The van der Waals surface area contributed by atoms with E-state index in [1.807, 2.05) is 18.2 Å². The van der Waals surface area contributed by atoms with E-state index < -0.39 is 6.04 Å². The molecule has 0 radical (unpaired) electrons. The lowest BCUT2D eigenvalue weighted by Gasteiger charge is -2.37. The highest BCUT2D eigenvalue weighted by atomic mass is 35.5. The van der Waals surface area contributed by atoms with E-state index in [0.29, 0.717) is 29.6 Å². The highest BCUT2D eigenvalue weighted by molar-refractivity contribution is 6.33. The van der Waals surface area contributed by atoms with Gasteiger partial charge in [-0.15, -0.1) is 0 Å². The van der Waals surface area contributed by atoms with Crippen LogP contribution in [-0.4, -0.2) is 53.1 Å². The van der Waals surface area contributed by atoms with Crippen molar-refractivity contribution in [2.24, 2.45) is 0 Å². The summed E-state index contributed by atoms with van der Waals surface area (Å²) in [6.45, 7) is 2.93. The van der Waals surface area contributed by atoms with Crippen LogP contribution in [0.1, 0.15) is 12.7 Å². The van der Waals surface area contributed by atoms with E-state index in [1.165, 1.54) is 4.90 Å². The molecular weight excluding hydrogens is 344 g/mol. The first-order valence-corrected chi connectivity index (χ1v) is 8.35. The van der Waals surface area contributed by atoms with Gasteiger partial charge in [-0.25, -0.2) is 4.79 Å². The zero-order chi connectivity index (χ0) is 18.0. The first-order chi connectivity index (χ1) is 12.0. The normalized spacial score (nSPS) is 17.7. The van der Waals surface area contributed by atoms with Gasteiger partial charge in [-0.1, -0.05) is 35.0 Å². The van der Waals surface area contributed by atoms with Crippen LogP contribution < -0.4 is 5.32 Å². The lowest BCUT2D eigenvalue weighted by atomic mass is 10.1. The fourth-order valence-corrected chi connectivity index (χ4v) is 2.98. The second-order valence-electron chi connectivity index (χ2n) is 5.95. The van der Waals surface area contributed by atoms with Crippen LogP contribution in [0.5, 0.6) is 0 Å². The molecule has 1 aliphatic heterocycles. The minimum atomic E-state index is -0.479. The molecule has 25 heavy (non-hydrogen) atoms. The number of urea groups is 1. The minimum Gasteiger partial charge on any atom is -0.359 e. The third-order valence-electron chi connectivity index (χ3n) is 4.26. The van der Waals surface area contributed by atoms with Gasteiger partial charge in [0.15, 0.2) is 5.76 Å². The summed E-state index contributed by atoms with van der Waals surface area (Å²) >= 11 is 6.14. The molecule has 0 bridgehead atoms. The first-order valence-electron chi connectivity index (χ1n) is 7.97. The van der Waals surface area contributed by atoms with Crippen LogP contribution in [0.4, 0.5) is 4.79 Å². The van der Waals surface area contributed by atoms with Crippen LogP contribution >= 0.6 is 11.6 Å². The summed E-state index contributed by atoms with van der Waals surface area (Å²) in [6.07, 6.45) is 0. The number of benzene rings is 1. The van der Waals surface area contributed by atoms with Gasteiger partial charge in [0.05, 0.1) is 11.6 Å². The van der Waals surface area contributed by atoms with Crippen molar-refractivity contribution in [1.29, 1.82) is 0 Å². The standard InChI is InChI=1S/C17H19ClN4O3/c1-11-16(23)21(2)7-8-22(11)17(24)19-10-12-9-15(20-25-12)13-5-3-4-6-14(13)18/h3-6,9,11H,7-8,10H2,1-2H3,(H,19,24)/t11-/m1/s1. The molecule has 2 aromatic rings. The predicted octanol–water partition coefficient (Wildman–Crippen LogP) is 2.37. The molecule has 7 nitrogen and oxygen atoms in total. The van der Waals surface area contributed by atoms with Gasteiger partial charge in [0.1, 0.15) is 11.7 Å². The molecule has 1 aromatic heterocycles. The predicted molar refractivity (Wildman–Crippen MR) is 93.0 cm³/mol. The molecule has 1 fully saturated rings. The maximum absolute atomic E-state index is 12.3. The van der Waals surface area contributed by atoms with Crippen molar-refractivity contribution in [2.75, 3.05) is 20.1 Å². The van der Waals surface area contributed by atoms with Crippen molar-refractivity contribution in [3.63, 3.8) is 0 Å². The highest BCUT2D eigenvalue weighted by Crippen LogP contribution is 2.26. The van der Waals surface area contributed by atoms with Gasteiger partial charge >= 0.3 is 6.03 Å². The molecule has 1 atom stereocenters. The number of carbonyl (C=O) groups is 2. The smallest absolute Gasteiger partial charge is 0.318 e. The number of carbonyl (C=O) groups excluding carboxylic acids is 2. The lowest BCUT2D eigenvalue weighted by Crippen LogP contribution is -2.58. The van der Waals surface area contributed by atoms with Crippen LogP contribution in [-0.2, 0) is 11.3 Å². The fraction of sp³-hybridized carbons (Fsp3) is 0.353. The molecular formula is C17H19ClN4O3. The Morgan fingerprint density at radius 2 is 2.16 bits per heavy atom. The van der Waals surface area contributed by atoms with Gasteiger partial charge in [-0.05, 0) is 13.0 Å². The zero-order valence-electron chi connectivity index (χ0n) is 14.0. The Morgan fingerprint density at radius 3 is 2.92 bits per heavy atom. The highest BCUT2D eigenvalue weighted by Gasteiger charge is 2.32. The Kier molecular flexibility index (Phi) is 4.94. The van der Waals surface area contributed by atoms with Crippen molar-refractivity contribution >= 4 is 23.5 Å². The Labute approximate surface area is 150 Å². The molecule has 0 unspecified atom stereocenters. The summed E-state index contributed by atoms with van der Waals surface area (Å²) in [5.41, 5.74) is 1.38. The number of nitrogens with one attached hydrogen (secondary N) is 1. The van der Waals surface area contributed by atoms with E-state index in [2.05, 4.69) is 10.5 Å². The minimum absolute atomic E-state index is 0.0675. The third kappa shape index (κ3) is 3.61. The van der Waals surface area contributed by atoms with Gasteiger partial charge in [0.2, 0.25) is 5.91 Å². The van der Waals surface area contributed by atoms with Crippen molar-refractivity contribution < 1.29 is 14.1 Å². The van der Waals surface area contributed by atoms with E-state index in [4.69, 9.17) is 16.1 Å². The third-order valence-corrected chi connectivity index (χ3v) is 4.59. The van der Waals surface area contributed by atoms with E-state index in [0.717, 1.165) is 5.56 Å². The Balaban J connectivity index is 1.62. The van der Waals surface area contributed by atoms with Crippen molar-refractivity contribution in [2.45, 2.75) is 19.5 Å². The van der Waals surface area contributed by atoms with Gasteiger partial charge < -0.3 is 19.6 Å². The van der Waals surface area contributed by atoms with Crippen molar-refractivity contribution in [3.8, 4) is 11.3 Å². The quantitative estimate of drug-likeness (QED) is 0.909. The molecule has 0 aliphatic carbocycles. The molecule has 2 heterocycles. The Bertz CT molecular complexity index is 792. The summed E-state index contributed by atoms with van der Waals surface area (Å²) in [5.74, 6) is 0.443. The Hall–Kier alpha value is -2.54. The molecule has 1 aromatic carbocycles. The lowest BCUT2D eigenvalue weighted by molar-refractivity contribution is -0.137. The number of likely N-dealkylation sites (N-methyl/N-ethyl adjacent to an activating group) is 1. The average molecular weight is 363 g/mol. The van der Waals surface area contributed by atoms with Crippen molar-refractivity contribution in [3.05, 3.63) is 41.1 Å². The van der Waals surface area contributed by atoms with Gasteiger partial charge in [0.25, 0.3) is 0 Å². The maximum atomic E-state index is 12.3. The molecule has 1 aliphatic rings. The van der Waals surface area contributed by atoms with Gasteiger partial charge in [-0.2, -0.15) is 0 Å². The summed E-state index contributed by atoms with van der Waals surface area (Å²) < 4.78 is 5.26. The number of aromatic nitrogens is 1. The number of hydrogen-bond acceptors (Lipinski definition) is 4. The molecule has 1 saturated heterocycles. The number of rotatable bonds is 3. The maximum Gasteiger partial charge on any atom is 0.318 e. The van der Waals surface area contributed by atoms with E-state index in [9.17, 15) is 9.59 Å². The molecule has 3 rings (SSSR count). The molecule has 132 valence electrons. The number of halogens is 1. The van der Waals surface area contributed by atoms with Gasteiger partial charge in [0, 0.05) is 31.8 Å². The van der Waals surface area contributed by atoms with Gasteiger partial charge in [-0.3, -0.25) is 4.79 Å². The summed E-state index contributed by atoms with van der Waals surface area (Å²) in [6, 6.07) is 8.28. The molecule has 0 spiro atoms. The molecule has 8 heteroatoms. The molecule has 1 N–H and O–H groups in total. The van der Waals surface area contributed by atoms with Crippen LogP contribution in [0.15, 0.2) is 34.9 Å². The summed E-state index contributed by atoms with van der Waals surface area (Å²) in [4.78, 5) is 27.4. The topological polar surface area (TPSA) is 78.7 Å². The second-order valence-corrected chi connectivity index (χ2v) is 6.35. The van der Waals surface area contributed by atoms with E-state index in [-0.39, 0.29) is 18.5 Å². The first kappa shape index (κ1) is 17.3. The van der Waals surface area contributed by atoms with E-state index in [1.54, 1.807) is 31.0 Å². The number of hydrogen-bond donors (Lipinski definition) is 1. The zero-order valence-corrected chi connectivity index (χ0v) is 14.8. The average Bonchev–Trinajstić information content (AvgIpc) is 3.07. The monoisotopic (exact) mass is 362 g/mol. The molecule has 0 saturated carbocycles. The van der Waals surface area contributed by atoms with Crippen molar-refractivity contribution in [1.82, 2.24) is 20.3 Å². The summed E-state index contributed by atoms with van der Waals surface area (Å²) in [7, 11) is 1.73. The fourth-order valence-electron chi connectivity index (χ4n) is 2.75.